The fourth-order valence-corrected chi connectivity index (χ4v) is 4.05. The zero-order chi connectivity index (χ0) is 13.4. The van der Waals surface area contributed by atoms with Gasteiger partial charge in [-0.2, -0.15) is 0 Å². The Labute approximate surface area is 124 Å². The topological polar surface area (TPSA) is 42.0 Å². The van der Waals surface area contributed by atoms with E-state index >= 15 is 0 Å². The Hall–Kier alpha value is -0.780. The van der Waals surface area contributed by atoms with Crippen molar-refractivity contribution in [3.8, 4) is 0 Å². The minimum atomic E-state index is -0.114. The summed E-state index contributed by atoms with van der Waals surface area (Å²) in [5, 5.41) is 3.59. The number of thioether (sulfide) groups is 1. The van der Waals surface area contributed by atoms with Crippen molar-refractivity contribution in [2.75, 3.05) is 0 Å². The van der Waals surface area contributed by atoms with E-state index in [9.17, 15) is 4.79 Å². The van der Waals surface area contributed by atoms with Gasteiger partial charge in [-0.3, -0.25) is 4.79 Å². The molecule has 1 aromatic heterocycles. The van der Waals surface area contributed by atoms with E-state index in [2.05, 4.69) is 10.3 Å². The van der Waals surface area contributed by atoms with Crippen LogP contribution in [0.5, 0.6) is 0 Å². The Morgan fingerprint density at radius 2 is 2.37 bits per heavy atom. The molecular formula is C13H13ClN2OS2. The van der Waals surface area contributed by atoms with Crippen LogP contribution in [-0.4, -0.2) is 22.2 Å². The van der Waals surface area contributed by atoms with Gasteiger partial charge in [0.15, 0.2) is 4.34 Å². The maximum absolute atomic E-state index is 11.9. The summed E-state index contributed by atoms with van der Waals surface area (Å²) in [7, 11) is 0. The zero-order valence-corrected chi connectivity index (χ0v) is 12.7. The van der Waals surface area contributed by atoms with E-state index in [0.717, 1.165) is 27.4 Å². The number of hydrogen-bond acceptors (Lipinski definition) is 4. The minimum absolute atomic E-state index is 0.102. The first kappa shape index (κ1) is 13.2. The fraction of sp³-hybridized carbons (Fsp3) is 0.385. The maximum Gasteiger partial charge on any atom is 0.233 e. The summed E-state index contributed by atoms with van der Waals surface area (Å²) in [6.07, 6.45) is 2.23. The highest BCUT2D eigenvalue weighted by atomic mass is 35.5. The molecule has 0 bridgehead atoms. The molecule has 0 unspecified atom stereocenters. The molecule has 1 fully saturated rings. The summed E-state index contributed by atoms with van der Waals surface area (Å²) in [4.78, 5) is 16.4. The quantitative estimate of drug-likeness (QED) is 0.875. The predicted octanol–water partition coefficient (Wildman–Crippen LogP) is 3.71. The second kappa shape index (κ2) is 5.31. The first-order valence-corrected chi connectivity index (χ1v) is 8.22. The van der Waals surface area contributed by atoms with Gasteiger partial charge in [-0.25, -0.2) is 4.98 Å². The second-order valence-electron chi connectivity index (χ2n) is 4.63. The second-order valence-corrected chi connectivity index (χ2v) is 7.69. The Morgan fingerprint density at radius 3 is 3.11 bits per heavy atom. The van der Waals surface area contributed by atoms with Crippen LogP contribution < -0.4 is 5.32 Å². The van der Waals surface area contributed by atoms with E-state index in [1.165, 1.54) is 11.8 Å². The number of benzene rings is 1. The van der Waals surface area contributed by atoms with Crippen molar-refractivity contribution in [3.63, 3.8) is 0 Å². The third-order valence-electron chi connectivity index (χ3n) is 2.90. The highest BCUT2D eigenvalue weighted by molar-refractivity contribution is 8.02. The van der Waals surface area contributed by atoms with Crippen molar-refractivity contribution in [2.24, 2.45) is 0 Å². The molecule has 0 saturated heterocycles. The number of amides is 1. The Bertz CT molecular complexity index is 624. The van der Waals surface area contributed by atoms with Crippen molar-refractivity contribution in [3.05, 3.63) is 23.2 Å². The van der Waals surface area contributed by atoms with Gasteiger partial charge in [0.1, 0.15) is 0 Å². The number of hydrogen-bond donors (Lipinski definition) is 1. The molecule has 0 spiro atoms. The lowest BCUT2D eigenvalue weighted by atomic mass is 10.3. The zero-order valence-electron chi connectivity index (χ0n) is 10.4. The van der Waals surface area contributed by atoms with E-state index in [-0.39, 0.29) is 11.2 Å². The molecule has 19 heavy (non-hydrogen) atoms. The molecular weight excluding hydrogens is 300 g/mol. The lowest BCUT2D eigenvalue weighted by Crippen LogP contribution is -2.32. The SMILES string of the molecule is C[C@H](Sc1nc2cc(Cl)ccc2s1)C(=O)NC1CC1. The van der Waals surface area contributed by atoms with Crippen LogP contribution in [0.15, 0.2) is 22.5 Å². The first-order valence-electron chi connectivity index (χ1n) is 6.15. The number of nitrogens with one attached hydrogen (secondary N) is 1. The Kier molecular flexibility index (Phi) is 3.69. The number of carbonyl (C=O) groups is 1. The van der Waals surface area contributed by atoms with E-state index < -0.39 is 0 Å². The average molecular weight is 313 g/mol. The molecule has 1 amide bonds. The van der Waals surface area contributed by atoms with Crippen molar-refractivity contribution in [2.45, 2.75) is 35.4 Å². The van der Waals surface area contributed by atoms with Crippen LogP contribution in [0.3, 0.4) is 0 Å². The third-order valence-corrected chi connectivity index (χ3v) is 5.37. The lowest BCUT2D eigenvalue weighted by molar-refractivity contribution is -0.120. The summed E-state index contributed by atoms with van der Waals surface area (Å²) in [6.45, 7) is 1.92. The highest BCUT2D eigenvalue weighted by Crippen LogP contribution is 2.33. The smallest absolute Gasteiger partial charge is 0.233 e. The molecule has 3 rings (SSSR count). The summed E-state index contributed by atoms with van der Waals surface area (Å²) >= 11 is 9.05. The van der Waals surface area contributed by atoms with Gasteiger partial charge < -0.3 is 5.32 Å². The molecule has 1 aliphatic carbocycles. The lowest BCUT2D eigenvalue weighted by Gasteiger charge is -2.08. The molecule has 1 saturated carbocycles. The summed E-state index contributed by atoms with van der Waals surface area (Å²) in [5.74, 6) is 0.102. The molecule has 2 aromatic rings. The van der Waals surface area contributed by atoms with Crippen LogP contribution in [0.25, 0.3) is 10.2 Å². The van der Waals surface area contributed by atoms with Crippen molar-refractivity contribution in [1.29, 1.82) is 0 Å². The van der Waals surface area contributed by atoms with Crippen molar-refractivity contribution < 1.29 is 4.79 Å². The monoisotopic (exact) mass is 312 g/mol. The van der Waals surface area contributed by atoms with Crippen LogP contribution in [0.2, 0.25) is 5.02 Å². The van der Waals surface area contributed by atoms with E-state index in [1.54, 1.807) is 11.3 Å². The van der Waals surface area contributed by atoms with Crippen molar-refractivity contribution in [1.82, 2.24) is 10.3 Å². The van der Waals surface area contributed by atoms with Crippen molar-refractivity contribution >= 4 is 50.8 Å². The van der Waals surface area contributed by atoms with Crippen LogP contribution >= 0.6 is 34.7 Å². The number of carbonyl (C=O) groups excluding carboxylic acids is 1. The average Bonchev–Trinajstić information content (AvgIpc) is 3.08. The van der Waals surface area contributed by atoms with Gasteiger partial charge in [0.25, 0.3) is 0 Å². The molecule has 1 heterocycles. The molecule has 1 aromatic carbocycles. The Morgan fingerprint density at radius 1 is 1.58 bits per heavy atom. The summed E-state index contributed by atoms with van der Waals surface area (Å²) in [6, 6.07) is 6.09. The normalized spacial score (nSPS) is 16.5. The molecule has 6 heteroatoms. The molecule has 100 valence electrons. The third kappa shape index (κ3) is 3.22. The largest absolute Gasteiger partial charge is 0.352 e. The van der Waals surface area contributed by atoms with Crippen LogP contribution in [-0.2, 0) is 4.79 Å². The fourth-order valence-electron chi connectivity index (χ4n) is 1.68. The molecule has 0 aliphatic heterocycles. The highest BCUT2D eigenvalue weighted by Gasteiger charge is 2.26. The number of nitrogens with zero attached hydrogens (tertiary/aromatic N) is 1. The maximum atomic E-state index is 11.9. The van der Waals surface area contributed by atoms with Gasteiger partial charge in [0, 0.05) is 11.1 Å². The summed E-state index contributed by atoms with van der Waals surface area (Å²) in [5.41, 5.74) is 0.898. The number of rotatable bonds is 4. The molecule has 1 N–H and O–H groups in total. The van der Waals surface area contributed by atoms with Gasteiger partial charge >= 0.3 is 0 Å². The number of aromatic nitrogens is 1. The number of thiazole rings is 1. The van der Waals surface area contributed by atoms with E-state index in [4.69, 9.17) is 11.6 Å². The molecule has 1 aliphatic rings. The Balaban J connectivity index is 1.71. The molecule has 0 radical (unpaired) electrons. The van der Waals surface area contributed by atoms with Gasteiger partial charge in [-0.1, -0.05) is 23.4 Å². The standard InChI is InChI=1S/C13H13ClN2OS2/c1-7(12(17)15-9-3-4-9)18-13-16-10-6-8(14)2-5-11(10)19-13/h2,5-7,9H,3-4H2,1H3,(H,15,17)/t7-/m0/s1. The molecule has 1 atom stereocenters. The van der Waals surface area contributed by atoms with Gasteiger partial charge in [-0.15, -0.1) is 11.3 Å². The first-order chi connectivity index (χ1) is 9.11. The van der Waals surface area contributed by atoms with Gasteiger partial charge in [0.05, 0.1) is 15.5 Å². The van der Waals surface area contributed by atoms with Crippen LogP contribution in [0, 0.1) is 0 Å². The van der Waals surface area contributed by atoms with E-state index in [1.807, 2.05) is 25.1 Å². The summed E-state index contributed by atoms with van der Waals surface area (Å²) < 4.78 is 2.01. The number of fused-ring (bicyclic) bond motifs is 1. The van der Waals surface area contributed by atoms with Gasteiger partial charge in [0.2, 0.25) is 5.91 Å². The minimum Gasteiger partial charge on any atom is -0.352 e. The van der Waals surface area contributed by atoms with Gasteiger partial charge in [-0.05, 0) is 38.0 Å². The van der Waals surface area contributed by atoms with Crippen LogP contribution in [0.4, 0.5) is 0 Å². The number of halogens is 1. The van der Waals surface area contributed by atoms with E-state index in [0.29, 0.717) is 11.1 Å². The van der Waals surface area contributed by atoms with Crippen LogP contribution in [0.1, 0.15) is 19.8 Å². The predicted molar refractivity (Wildman–Crippen MR) is 81.1 cm³/mol. The molecule has 3 nitrogen and oxygen atoms in total.